The summed E-state index contributed by atoms with van der Waals surface area (Å²) in [5, 5.41) is 0.498. The van der Waals surface area contributed by atoms with Crippen LogP contribution in [0.2, 0.25) is 0 Å². The number of esters is 1. The molecule has 2 bridgehead atoms. The van der Waals surface area contributed by atoms with Crippen LogP contribution in [0.5, 0.6) is 5.75 Å². The number of benzene rings is 2. The Morgan fingerprint density at radius 3 is 2.15 bits per heavy atom. The number of hydrogen-bond acceptors (Lipinski definition) is 4. The predicted molar refractivity (Wildman–Crippen MR) is 138 cm³/mol. The topological polar surface area (TPSA) is 38.8 Å². The van der Waals surface area contributed by atoms with E-state index in [0.29, 0.717) is 30.3 Å². The summed E-state index contributed by atoms with van der Waals surface area (Å²) < 4.78 is 94.3. The summed E-state index contributed by atoms with van der Waals surface area (Å²) in [6.45, 7) is 3.93. The zero-order valence-corrected chi connectivity index (χ0v) is 22.7. The zero-order valence-electron chi connectivity index (χ0n) is 22.7. The minimum atomic E-state index is -4.72. The summed E-state index contributed by atoms with van der Waals surface area (Å²) in [7, 11) is 0. The molecule has 2 atom stereocenters. The Morgan fingerprint density at radius 1 is 0.925 bits per heavy atom. The average molecular weight is 572 g/mol. The Balaban J connectivity index is 1.41. The fraction of sp³-hybridized carbons (Fsp3) is 0.633. The number of carbonyl (C=O) groups is 1. The number of fused-ring (bicyclic) bond motifs is 3. The number of nitrogens with zero attached hydrogens (tertiary/aromatic N) is 1. The van der Waals surface area contributed by atoms with E-state index >= 15 is 0 Å². The van der Waals surface area contributed by atoms with Gasteiger partial charge in [0, 0.05) is 24.0 Å². The normalized spacial score (nSPS) is 27.8. The summed E-state index contributed by atoms with van der Waals surface area (Å²) >= 11 is 0. The van der Waals surface area contributed by atoms with Crippen molar-refractivity contribution in [3.63, 3.8) is 0 Å². The molecule has 2 unspecified atom stereocenters. The lowest BCUT2D eigenvalue weighted by molar-refractivity contribution is -0.185. The summed E-state index contributed by atoms with van der Waals surface area (Å²) in [4.78, 5) is 14.8. The standard InChI is InChI=1S/C30H35F6NO3/c1-17(2)39-28(38)20-14-22-9-10-23(15-20)37(22)16-19-5-3-4-18-6-13-25(27(26(18)19)30(34,35)36)40-24-11-7-21(8-12-24)29(31,32)33/h3-6,13,17,20-24H,7-12,14-16H2,1-2H3. The first-order valence-corrected chi connectivity index (χ1v) is 14.1. The van der Waals surface area contributed by atoms with Gasteiger partial charge in [-0.2, -0.15) is 26.3 Å². The highest BCUT2D eigenvalue weighted by Crippen LogP contribution is 2.46. The van der Waals surface area contributed by atoms with E-state index in [0.717, 1.165) is 12.8 Å². The van der Waals surface area contributed by atoms with Crippen LogP contribution in [0.15, 0.2) is 30.3 Å². The van der Waals surface area contributed by atoms with Gasteiger partial charge in [-0.05, 0) is 82.2 Å². The number of hydrogen-bond donors (Lipinski definition) is 0. The van der Waals surface area contributed by atoms with E-state index in [4.69, 9.17) is 9.47 Å². The highest BCUT2D eigenvalue weighted by Gasteiger charge is 2.45. The molecular formula is C30H35F6NO3. The van der Waals surface area contributed by atoms with Gasteiger partial charge in [-0.3, -0.25) is 9.69 Å². The molecule has 0 radical (unpaired) electrons. The monoisotopic (exact) mass is 571 g/mol. The second-order valence-electron chi connectivity index (χ2n) is 11.8. The van der Waals surface area contributed by atoms with Crippen molar-refractivity contribution in [2.24, 2.45) is 11.8 Å². The average Bonchev–Trinajstić information content (AvgIpc) is 3.08. The molecule has 0 N–H and O–H groups in total. The van der Waals surface area contributed by atoms with Crippen molar-refractivity contribution in [2.45, 2.75) is 108 Å². The summed E-state index contributed by atoms with van der Waals surface area (Å²) in [6.07, 6.45) is -7.14. The Labute approximate surface area is 230 Å². The quantitative estimate of drug-likeness (QED) is 0.260. The molecule has 0 aromatic heterocycles. The first kappa shape index (κ1) is 29.0. The second kappa shape index (κ2) is 11.1. The molecule has 2 aromatic rings. The molecule has 40 heavy (non-hydrogen) atoms. The van der Waals surface area contributed by atoms with Gasteiger partial charge in [0.05, 0.1) is 24.0 Å². The Hall–Kier alpha value is -2.49. The Bertz CT molecular complexity index is 1200. The number of alkyl halides is 6. The molecule has 220 valence electrons. The van der Waals surface area contributed by atoms with E-state index in [1.807, 2.05) is 13.8 Å². The molecule has 5 rings (SSSR count). The first-order chi connectivity index (χ1) is 18.8. The third kappa shape index (κ3) is 6.06. The lowest BCUT2D eigenvalue weighted by Crippen LogP contribution is -2.44. The van der Waals surface area contributed by atoms with E-state index in [1.165, 1.54) is 6.07 Å². The highest BCUT2D eigenvalue weighted by molar-refractivity contribution is 5.91. The largest absolute Gasteiger partial charge is 0.490 e. The number of halogens is 6. The van der Waals surface area contributed by atoms with Gasteiger partial charge in [-0.25, -0.2) is 0 Å². The lowest BCUT2D eigenvalue weighted by atomic mass is 9.87. The van der Waals surface area contributed by atoms with Crippen LogP contribution in [0.1, 0.15) is 76.3 Å². The Morgan fingerprint density at radius 2 is 1.57 bits per heavy atom. The summed E-state index contributed by atoms with van der Waals surface area (Å²) in [6, 6.07) is 8.12. The van der Waals surface area contributed by atoms with Crippen molar-refractivity contribution in [1.29, 1.82) is 0 Å². The zero-order chi connectivity index (χ0) is 28.8. The molecule has 2 aromatic carbocycles. The van der Waals surface area contributed by atoms with E-state index in [-0.39, 0.29) is 66.9 Å². The van der Waals surface area contributed by atoms with E-state index in [2.05, 4.69) is 4.90 Å². The van der Waals surface area contributed by atoms with Crippen LogP contribution in [-0.2, 0) is 22.3 Å². The molecule has 0 spiro atoms. The third-order valence-corrected chi connectivity index (χ3v) is 8.73. The van der Waals surface area contributed by atoms with Crippen molar-refractivity contribution in [3.8, 4) is 5.75 Å². The van der Waals surface area contributed by atoms with Gasteiger partial charge in [0.2, 0.25) is 0 Å². The maximum atomic E-state index is 14.6. The van der Waals surface area contributed by atoms with E-state index in [1.54, 1.807) is 24.3 Å². The van der Waals surface area contributed by atoms with Gasteiger partial charge >= 0.3 is 18.3 Å². The predicted octanol–water partition coefficient (Wildman–Crippen LogP) is 8.05. The molecule has 2 aliphatic heterocycles. The fourth-order valence-electron chi connectivity index (χ4n) is 6.88. The van der Waals surface area contributed by atoms with Crippen LogP contribution in [0.4, 0.5) is 26.3 Å². The van der Waals surface area contributed by atoms with Gasteiger partial charge in [-0.15, -0.1) is 0 Å². The molecule has 3 fully saturated rings. The number of rotatable bonds is 6. The van der Waals surface area contributed by atoms with Crippen LogP contribution in [0.3, 0.4) is 0 Å². The van der Waals surface area contributed by atoms with Crippen molar-refractivity contribution in [1.82, 2.24) is 4.90 Å². The summed E-state index contributed by atoms with van der Waals surface area (Å²) in [5.74, 6) is -2.19. The molecule has 0 amide bonds. The number of piperidine rings is 1. The van der Waals surface area contributed by atoms with Gasteiger partial charge in [-0.1, -0.05) is 24.3 Å². The van der Waals surface area contributed by atoms with E-state index in [9.17, 15) is 31.1 Å². The lowest BCUT2D eigenvalue weighted by Gasteiger charge is -2.38. The molecule has 3 aliphatic rings. The molecule has 1 aliphatic carbocycles. The molecule has 1 saturated carbocycles. The second-order valence-corrected chi connectivity index (χ2v) is 11.8. The molecular weight excluding hydrogens is 536 g/mol. The van der Waals surface area contributed by atoms with Gasteiger partial charge < -0.3 is 9.47 Å². The van der Waals surface area contributed by atoms with Crippen LogP contribution >= 0.6 is 0 Å². The fourth-order valence-corrected chi connectivity index (χ4v) is 6.88. The first-order valence-electron chi connectivity index (χ1n) is 14.1. The smallest absolute Gasteiger partial charge is 0.420 e. The Kier molecular flexibility index (Phi) is 8.03. The van der Waals surface area contributed by atoms with Crippen molar-refractivity contribution < 1.29 is 40.6 Å². The summed E-state index contributed by atoms with van der Waals surface area (Å²) in [5.41, 5.74) is -0.350. The van der Waals surface area contributed by atoms with Crippen molar-refractivity contribution in [2.75, 3.05) is 0 Å². The molecule has 2 saturated heterocycles. The van der Waals surface area contributed by atoms with Crippen LogP contribution in [0.25, 0.3) is 10.8 Å². The molecule has 10 heteroatoms. The van der Waals surface area contributed by atoms with Crippen LogP contribution in [0, 0.1) is 11.8 Å². The third-order valence-electron chi connectivity index (χ3n) is 8.73. The maximum absolute atomic E-state index is 14.6. The van der Waals surface area contributed by atoms with E-state index < -0.39 is 29.9 Å². The minimum absolute atomic E-state index is 0.0543. The van der Waals surface area contributed by atoms with Gasteiger partial charge in [0.1, 0.15) is 11.3 Å². The molecule has 4 nitrogen and oxygen atoms in total. The SMILES string of the molecule is CC(C)OC(=O)C1CC2CCC(C1)N2Cc1cccc2ccc(OC3CCC(C(F)(F)F)CC3)c(C(F)(F)F)c12. The number of ether oxygens (including phenoxy) is 2. The molecule has 2 heterocycles. The van der Waals surface area contributed by atoms with Crippen molar-refractivity contribution >= 4 is 16.7 Å². The minimum Gasteiger partial charge on any atom is -0.490 e. The van der Waals surface area contributed by atoms with Gasteiger partial charge in [0.25, 0.3) is 0 Å². The van der Waals surface area contributed by atoms with Crippen LogP contribution in [-0.4, -0.2) is 41.3 Å². The van der Waals surface area contributed by atoms with Gasteiger partial charge in [0.15, 0.2) is 0 Å². The number of carbonyl (C=O) groups excluding carboxylic acids is 1. The van der Waals surface area contributed by atoms with Crippen LogP contribution < -0.4 is 4.74 Å². The maximum Gasteiger partial charge on any atom is 0.420 e. The highest BCUT2D eigenvalue weighted by atomic mass is 19.4. The van der Waals surface area contributed by atoms with Crippen molar-refractivity contribution in [3.05, 3.63) is 41.5 Å².